The van der Waals surface area contributed by atoms with E-state index in [2.05, 4.69) is 60.7 Å². The lowest BCUT2D eigenvalue weighted by molar-refractivity contribution is 0.494. The van der Waals surface area contributed by atoms with Crippen molar-refractivity contribution in [3.63, 3.8) is 0 Å². The van der Waals surface area contributed by atoms with Gasteiger partial charge in [-0.25, -0.2) is 0 Å². The van der Waals surface area contributed by atoms with E-state index in [0.29, 0.717) is 0 Å². The monoisotopic (exact) mass is 322 g/mol. The van der Waals surface area contributed by atoms with Gasteiger partial charge in [0, 0.05) is 10.8 Å². The van der Waals surface area contributed by atoms with Crippen molar-refractivity contribution < 1.29 is 4.74 Å². The maximum atomic E-state index is 6.48. The molecule has 0 radical (unpaired) electrons. The summed E-state index contributed by atoms with van der Waals surface area (Å²) in [6.45, 7) is 0. The van der Waals surface area contributed by atoms with Gasteiger partial charge in [-0.1, -0.05) is 48.5 Å². The second-order valence-corrected chi connectivity index (χ2v) is 7.23. The van der Waals surface area contributed by atoms with Gasteiger partial charge in [-0.15, -0.1) is 0 Å². The second-order valence-electron chi connectivity index (χ2n) is 7.23. The van der Waals surface area contributed by atoms with Gasteiger partial charge in [-0.2, -0.15) is 0 Å². The third kappa shape index (κ3) is 1.84. The molecule has 0 amide bonds. The lowest BCUT2D eigenvalue weighted by Crippen LogP contribution is -1.90. The Morgan fingerprint density at radius 2 is 0.920 bits per heavy atom. The zero-order valence-electron chi connectivity index (χ0n) is 14.0. The van der Waals surface area contributed by atoms with Gasteiger partial charge in [0.25, 0.3) is 0 Å². The number of ether oxygens (including phenoxy) is 1. The van der Waals surface area contributed by atoms with E-state index >= 15 is 0 Å². The first-order valence-corrected chi connectivity index (χ1v) is 9.13. The predicted molar refractivity (Wildman–Crippen MR) is 103 cm³/mol. The van der Waals surface area contributed by atoms with Crippen LogP contribution in [0.25, 0.3) is 21.5 Å². The highest BCUT2D eigenvalue weighted by Gasteiger charge is 2.19. The topological polar surface area (TPSA) is 9.23 Å². The number of hydrogen-bond donors (Lipinski definition) is 0. The Bertz CT molecular complexity index is 1060. The van der Waals surface area contributed by atoms with Crippen molar-refractivity contribution in [1.82, 2.24) is 0 Å². The lowest BCUT2D eigenvalue weighted by atomic mass is 10.0. The van der Waals surface area contributed by atoms with Crippen molar-refractivity contribution >= 4 is 21.5 Å². The van der Waals surface area contributed by atoms with Crippen molar-refractivity contribution in [3.05, 3.63) is 82.9 Å². The summed E-state index contributed by atoms with van der Waals surface area (Å²) in [7, 11) is 0. The van der Waals surface area contributed by atoms with Crippen LogP contribution in [-0.2, 0) is 25.7 Å². The first kappa shape index (κ1) is 13.5. The van der Waals surface area contributed by atoms with E-state index in [0.717, 1.165) is 37.2 Å². The Morgan fingerprint density at radius 1 is 0.480 bits per heavy atom. The molecular weight excluding hydrogens is 304 g/mol. The van der Waals surface area contributed by atoms with Gasteiger partial charge in [0.15, 0.2) is 0 Å². The zero-order chi connectivity index (χ0) is 16.4. The molecule has 4 aromatic carbocycles. The van der Waals surface area contributed by atoms with Gasteiger partial charge < -0.3 is 4.74 Å². The molecule has 0 saturated carbocycles. The molecule has 0 spiro atoms. The molecule has 0 unspecified atom stereocenters. The van der Waals surface area contributed by atoms with Crippen LogP contribution in [0.2, 0.25) is 0 Å². The molecule has 1 nitrogen and oxygen atoms in total. The van der Waals surface area contributed by atoms with E-state index in [4.69, 9.17) is 4.74 Å². The van der Waals surface area contributed by atoms with Crippen LogP contribution in [0.15, 0.2) is 60.7 Å². The van der Waals surface area contributed by atoms with Crippen LogP contribution in [-0.4, -0.2) is 0 Å². The Labute approximate surface area is 146 Å². The molecule has 0 N–H and O–H groups in total. The van der Waals surface area contributed by atoms with Crippen molar-refractivity contribution in [3.8, 4) is 11.5 Å². The highest BCUT2D eigenvalue weighted by molar-refractivity contribution is 5.97. The Balaban J connectivity index is 1.56. The maximum Gasteiger partial charge on any atom is 0.135 e. The fraction of sp³-hybridized carbons (Fsp3) is 0.167. The molecule has 25 heavy (non-hydrogen) atoms. The Kier molecular flexibility index (Phi) is 2.62. The molecule has 0 aromatic heterocycles. The third-order valence-corrected chi connectivity index (χ3v) is 5.89. The van der Waals surface area contributed by atoms with Crippen LogP contribution in [0.1, 0.15) is 22.3 Å². The average Bonchev–Trinajstić information content (AvgIpc) is 3.26. The van der Waals surface area contributed by atoms with Crippen LogP contribution < -0.4 is 4.74 Å². The van der Waals surface area contributed by atoms with E-state index < -0.39 is 0 Å². The molecule has 120 valence electrons. The van der Waals surface area contributed by atoms with Crippen molar-refractivity contribution in [2.45, 2.75) is 25.7 Å². The lowest BCUT2D eigenvalue weighted by Gasteiger charge is -2.13. The molecule has 0 aliphatic heterocycles. The van der Waals surface area contributed by atoms with Gasteiger partial charge in [0.05, 0.1) is 0 Å². The fourth-order valence-electron chi connectivity index (χ4n) is 4.74. The summed E-state index contributed by atoms with van der Waals surface area (Å²) >= 11 is 0. The van der Waals surface area contributed by atoms with Crippen molar-refractivity contribution in [1.29, 1.82) is 0 Å². The fourth-order valence-corrected chi connectivity index (χ4v) is 4.74. The molecule has 0 atom stereocenters. The number of benzene rings is 4. The standard InChI is InChI=1S/C24H18O/c1-3-15-7-9-17-11-13-21(19(5-1)23(15)17)25-22-14-12-18-10-8-16-4-2-6-20(22)24(16)18/h1-6,11-14H,7-10H2. The quantitative estimate of drug-likeness (QED) is 0.441. The van der Waals surface area contributed by atoms with Crippen LogP contribution in [0.4, 0.5) is 0 Å². The van der Waals surface area contributed by atoms with Gasteiger partial charge in [-0.3, -0.25) is 0 Å². The van der Waals surface area contributed by atoms with Gasteiger partial charge in [0.2, 0.25) is 0 Å². The summed E-state index contributed by atoms with van der Waals surface area (Å²) in [5.41, 5.74) is 5.83. The largest absolute Gasteiger partial charge is 0.456 e. The minimum absolute atomic E-state index is 0.973. The molecule has 0 fully saturated rings. The molecule has 0 saturated heterocycles. The SMILES string of the molecule is c1cc2c3c(ccc(Oc4ccc5c6c(cccc46)CC5)c3c1)CC2. The first-order chi connectivity index (χ1) is 12.4. The van der Waals surface area contributed by atoms with Crippen molar-refractivity contribution in [2.24, 2.45) is 0 Å². The Hall–Kier alpha value is -2.80. The summed E-state index contributed by atoms with van der Waals surface area (Å²) < 4.78 is 6.48. The zero-order valence-corrected chi connectivity index (χ0v) is 14.0. The summed E-state index contributed by atoms with van der Waals surface area (Å²) in [4.78, 5) is 0. The van der Waals surface area contributed by atoms with E-state index in [1.165, 1.54) is 43.8 Å². The second kappa shape index (κ2) is 4.86. The highest BCUT2D eigenvalue weighted by Crippen LogP contribution is 2.41. The van der Waals surface area contributed by atoms with Gasteiger partial charge >= 0.3 is 0 Å². The van der Waals surface area contributed by atoms with E-state index in [1.54, 1.807) is 0 Å². The van der Waals surface area contributed by atoms with Crippen LogP contribution in [0, 0.1) is 0 Å². The van der Waals surface area contributed by atoms with Crippen LogP contribution in [0.3, 0.4) is 0 Å². The number of aryl methyl sites for hydroxylation is 4. The molecular formula is C24H18O. The van der Waals surface area contributed by atoms with Gasteiger partial charge in [-0.05, 0) is 70.8 Å². The first-order valence-electron chi connectivity index (χ1n) is 9.13. The number of rotatable bonds is 2. The van der Waals surface area contributed by atoms with E-state index in [-0.39, 0.29) is 0 Å². The van der Waals surface area contributed by atoms with Crippen molar-refractivity contribution in [2.75, 3.05) is 0 Å². The molecule has 0 heterocycles. The van der Waals surface area contributed by atoms with Gasteiger partial charge in [0.1, 0.15) is 11.5 Å². The molecule has 1 heteroatoms. The normalized spacial score (nSPS) is 14.6. The third-order valence-electron chi connectivity index (χ3n) is 5.89. The van der Waals surface area contributed by atoms with Crippen LogP contribution in [0.5, 0.6) is 11.5 Å². The molecule has 2 aliphatic carbocycles. The van der Waals surface area contributed by atoms with Crippen LogP contribution >= 0.6 is 0 Å². The number of hydrogen-bond acceptors (Lipinski definition) is 1. The highest BCUT2D eigenvalue weighted by atomic mass is 16.5. The summed E-state index contributed by atoms with van der Waals surface area (Å²) in [6.07, 6.45) is 4.60. The Morgan fingerprint density at radius 3 is 1.40 bits per heavy atom. The minimum Gasteiger partial charge on any atom is -0.456 e. The summed E-state index contributed by atoms with van der Waals surface area (Å²) in [6, 6.07) is 22.0. The van der Waals surface area contributed by atoms with E-state index in [9.17, 15) is 0 Å². The molecule has 6 rings (SSSR count). The predicted octanol–water partition coefficient (Wildman–Crippen LogP) is 5.98. The molecule has 4 aromatic rings. The average molecular weight is 322 g/mol. The maximum absolute atomic E-state index is 6.48. The summed E-state index contributed by atoms with van der Waals surface area (Å²) in [5, 5.41) is 5.31. The molecule has 0 bridgehead atoms. The smallest absolute Gasteiger partial charge is 0.135 e. The minimum atomic E-state index is 0.973. The summed E-state index contributed by atoms with van der Waals surface area (Å²) in [5.74, 6) is 1.95. The van der Waals surface area contributed by atoms with E-state index in [1.807, 2.05) is 0 Å². The molecule has 2 aliphatic rings.